The molecule has 6 nitrogen and oxygen atoms in total. The van der Waals surface area contributed by atoms with Crippen molar-refractivity contribution in [2.24, 2.45) is 0 Å². The van der Waals surface area contributed by atoms with Crippen molar-refractivity contribution in [3.63, 3.8) is 0 Å². The SMILES string of the molecule is CCn1cc(Br)c(CN(C)C(=O)c2ccc(Cn3nc(C)c(Cl)c3C)cc2)n1. The summed E-state index contributed by atoms with van der Waals surface area (Å²) in [6.07, 6.45) is 1.92. The van der Waals surface area contributed by atoms with E-state index in [1.165, 1.54) is 0 Å². The number of amides is 1. The Morgan fingerprint density at radius 1 is 1.21 bits per heavy atom. The molecule has 0 aliphatic carbocycles. The van der Waals surface area contributed by atoms with E-state index < -0.39 is 0 Å². The van der Waals surface area contributed by atoms with Crippen molar-refractivity contribution in [2.45, 2.75) is 40.4 Å². The Hall–Kier alpha value is -2.12. The van der Waals surface area contributed by atoms with Crippen LogP contribution in [0, 0.1) is 13.8 Å². The first kappa shape index (κ1) is 20.6. The van der Waals surface area contributed by atoms with E-state index in [2.05, 4.69) is 26.1 Å². The Morgan fingerprint density at radius 3 is 2.43 bits per heavy atom. The van der Waals surface area contributed by atoms with Crippen LogP contribution in [-0.4, -0.2) is 37.4 Å². The molecule has 8 heteroatoms. The van der Waals surface area contributed by atoms with Gasteiger partial charge in [-0.05, 0) is 54.4 Å². The molecule has 0 bridgehead atoms. The summed E-state index contributed by atoms with van der Waals surface area (Å²) < 4.78 is 4.63. The molecule has 3 rings (SSSR count). The van der Waals surface area contributed by atoms with Gasteiger partial charge >= 0.3 is 0 Å². The van der Waals surface area contributed by atoms with Gasteiger partial charge in [-0.3, -0.25) is 14.2 Å². The van der Waals surface area contributed by atoms with Gasteiger partial charge in [0.2, 0.25) is 0 Å². The fourth-order valence-corrected chi connectivity index (χ4v) is 3.55. The molecule has 0 aliphatic heterocycles. The molecule has 0 N–H and O–H groups in total. The van der Waals surface area contributed by atoms with Gasteiger partial charge in [0.15, 0.2) is 0 Å². The van der Waals surface area contributed by atoms with Crippen molar-refractivity contribution in [1.82, 2.24) is 24.5 Å². The number of hydrogen-bond donors (Lipinski definition) is 0. The monoisotopic (exact) mass is 463 g/mol. The quantitative estimate of drug-likeness (QED) is 0.541. The maximum Gasteiger partial charge on any atom is 0.253 e. The number of carbonyl (C=O) groups is 1. The van der Waals surface area contributed by atoms with Gasteiger partial charge in [-0.25, -0.2) is 0 Å². The standard InChI is InChI=1S/C20H23BrClN5O/c1-5-26-11-17(21)18(24-26)12-25(4)20(28)16-8-6-15(7-9-16)10-27-14(3)19(22)13(2)23-27/h6-9,11H,5,10,12H2,1-4H3. The number of aryl methyl sites for hydroxylation is 2. The molecule has 0 saturated heterocycles. The number of nitrogens with zero attached hydrogens (tertiary/aromatic N) is 5. The summed E-state index contributed by atoms with van der Waals surface area (Å²) in [6, 6.07) is 7.60. The van der Waals surface area contributed by atoms with Gasteiger partial charge in [0, 0.05) is 25.4 Å². The van der Waals surface area contributed by atoms with E-state index in [4.69, 9.17) is 11.6 Å². The molecule has 0 unspecified atom stereocenters. The Bertz CT molecular complexity index is 993. The summed E-state index contributed by atoms with van der Waals surface area (Å²) in [4.78, 5) is 14.4. The average molecular weight is 465 g/mol. The molecular weight excluding hydrogens is 442 g/mol. The van der Waals surface area contributed by atoms with Crippen LogP contribution in [0.1, 0.15) is 39.9 Å². The number of benzene rings is 1. The first-order valence-electron chi connectivity index (χ1n) is 9.05. The highest BCUT2D eigenvalue weighted by Crippen LogP contribution is 2.20. The van der Waals surface area contributed by atoms with Crippen molar-refractivity contribution < 1.29 is 4.79 Å². The molecule has 2 heterocycles. The fraction of sp³-hybridized carbons (Fsp3) is 0.350. The van der Waals surface area contributed by atoms with Crippen molar-refractivity contribution in [3.8, 4) is 0 Å². The van der Waals surface area contributed by atoms with Gasteiger partial charge in [0.1, 0.15) is 0 Å². The van der Waals surface area contributed by atoms with Crippen LogP contribution in [0.25, 0.3) is 0 Å². The van der Waals surface area contributed by atoms with E-state index in [9.17, 15) is 4.79 Å². The van der Waals surface area contributed by atoms with Gasteiger partial charge in [-0.2, -0.15) is 10.2 Å². The summed E-state index contributed by atoms with van der Waals surface area (Å²) in [5.41, 5.74) is 4.31. The summed E-state index contributed by atoms with van der Waals surface area (Å²) in [5.74, 6) is -0.0429. The van der Waals surface area contributed by atoms with Gasteiger partial charge < -0.3 is 4.90 Å². The van der Waals surface area contributed by atoms with Gasteiger partial charge in [-0.15, -0.1) is 0 Å². The highest BCUT2D eigenvalue weighted by atomic mass is 79.9. The fourth-order valence-electron chi connectivity index (χ4n) is 2.98. The first-order valence-corrected chi connectivity index (χ1v) is 10.2. The van der Waals surface area contributed by atoms with Crippen LogP contribution < -0.4 is 0 Å². The zero-order chi connectivity index (χ0) is 20.4. The summed E-state index contributed by atoms with van der Waals surface area (Å²) in [7, 11) is 1.78. The summed E-state index contributed by atoms with van der Waals surface area (Å²) in [6.45, 7) is 7.72. The lowest BCUT2D eigenvalue weighted by molar-refractivity contribution is 0.0783. The third-order valence-corrected chi connectivity index (χ3v) is 5.88. The average Bonchev–Trinajstić information content (AvgIpc) is 3.16. The van der Waals surface area contributed by atoms with Crippen molar-refractivity contribution in [3.05, 3.63) is 68.2 Å². The number of carbonyl (C=O) groups excluding carboxylic acids is 1. The highest BCUT2D eigenvalue weighted by Gasteiger charge is 2.16. The second-order valence-corrected chi connectivity index (χ2v) is 8.01. The van der Waals surface area contributed by atoms with Crippen LogP contribution in [0.5, 0.6) is 0 Å². The van der Waals surface area contributed by atoms with Crippen molar-refractivity contribution in [1.29, 1.82) is 0 Å². The van der Waals surface area contributed by atoms with E-state index in [-0.39, 0.29) is 5.91 Å². The van der Waals surface area contributed by atoms with E-state index >= 15 is 0 Å². The van der Waals surface area contributed by atoms with Gasteiger partial charge in [-0.1, -0.05) is 23.7 Å². The van der Waals surface area contributed by atoms with E-state index in [1.54, 1.807) is 11.9 Å². The van der Waals surface area contributed by atoms with Crippen molar-refractivity contribution in [2.75, 3.05) is 7.05 Å². The van der Waals surface area contributed by atoms with E-state index in [0.29, 0.717) is 23.7 Å². The molecule has 1 amide bonds. The highest BCUT2D eigenvalue weighted by molar-refractivity contribution is 9.10. The lowest BCUT2D eigenvalue weighted by atomic mass is 10.1. The van der Waals surface area contributed by atoms with Crippen LogP contribution >= 0.6 is 27.5 Å². The molecule has 2 aromatic heterocycles. The molecular formula is C20H23BrClN5O. The molecule has 0 aliphatic rings. The minimum Gasteiger partial charge on any atom is -0.336 e. The Kier molecular flexibility index (Phi) is 6.25. The normalized spacial score (nSPS) is 11.1. The van der Waals surface area contributed by atoms with E-state index in [0.717, 1.165) is 33.7 Å². The minimum atomic E-state index is -0.0429. The first-order chi connectivity index (χ1) is 13.3. The molecule has 0 radical (unpaired) electrons. The maximum absolute atomic E-state index is 12.7. The Labute approximate surface area is 178 Å². The Morgan fingerprint density at radius 2 is 1.89 bits per heavy atom. The third-order valence-electron chi connectivity index (χ3n) is 4.67. The summed E-state index contributed by atoms with van der Waals surface area (Å²) >= 11 is 9.72. The number of hydrogen-bond acceptors (Lipinski definition) is 3. The van der Waals surface area contributed by atoms with Crippen LogP contribution in [0.15, 0.2) is 34.9 Å². The second-order valence-electron chi connectivity index (χ2n) is 6.78. The van der Waals surface area contributed by atoms with Crippen LogP contribution in [-0.2, 0) is 19.6 Å². The molecule has 0 fully saturated rings. The smallest absolute Gasteiger partial charge is 0.253 e. The summed E-state index contributed by atoms with van der Waals surface area (Å²) in [5, 5.41) is 9.63. The Balaban J connectivity index is 1.68. The molecule has 0 saturated carbocycles. The molecule has 0 spiro atoms. The predicted octanol–water partition coefficient (Wildman–Crippen LogP) is 4.45. The van der Waals surface area contributed by atoms with Crippen LogP contribution in [0.3, 0.4) is 0 Å². The lowest BCUT2D eigenvalue weighted by Crippen LogP contribution is -2.26. The maximum atomic E-state index is 12.7. The molecule has 28 heavy (non-hydrogen) atoms. The number of aromatic nitrogens is 4. The van der Waals surface area contributed by atoms with Crippen molar-refractivity contribution >= 4 is 33.4 Å². The second kappa shape index (κ2) is 8.49. The molecule has 0 atom stereocenters. The number of rotatable bonds is 6. The molecule has 3 aromatic rings. The number of halogens is 2. The predicted molar refractivity (Wildman–Crippen MR) is 114 cm³/mol. The molecule has 1 aromatic carbocycles. The van der Waals surface area contributed by atoms with Gasteiger partial charge in [0.05, 0.1) is 39.7 Å². The van der Waals surface area contributed by atoms with Crippen LogP contribution in [0.2, 0.25) is 5.02 Å². The third kappa shape index (κ3) is 4.31. The minimum absolute atomic E-state index is 0.0429. The zero-order valence-corrected chi connectivity index (χ0v) is 18.8. The van der Waals surface area contributed by atoms with E-state index in [1.807, 2.05) is 60.6 Å². The zero-order valence-electron chi connectivity index (χ0n) is 16.4. The molecule has 148 valence electrons. The largest absolute Gasteiger partial charge is 0.336 e. The lowest BCUT2D eigenvalue weighted by Gasteiger charge is -2.16. The van der Waals surface area contributed by atoms with Gasteiger partial charge in [0.25, 0.3) is 5.91 Å². The topological polar surface area (TPSA) is 56.0 Å². The van der Waals surface area contributed by atoms with Crippen LogP contribution in [0.4, 0.5) is 0 Å².